The third-order valence-corrected chi connectivity index (χ3v) is 4.50. The van der Waals surface area contributed by atoms with E-state index >= 15 is 0 Å². The summed E-state index contributed by atoms with van der Waals surface area (Å²) in [5, 5.41) is 0. The molecule has 0 saturated carbocycles. The van der Waals surface area contributed by atoms with Crippen LogP contribution in [0.1, 0.15) is 25.8 Å². The third kappa shape index (κ3) is 5.19. The molecule has 0 spiro atoms. The van der Waals surface area contributed by atoms with E-state index in [0.29, 0.717) is 5.54 Å². The van der Waals surface area contributed by atoms with Gasteiger partial charge in [0.25, 0.3) is 0 Å². The van der Waals surface area contributed by atoms with Crippen molar-refractivity contribution in [2.45, 2.75) is 25.8 Å². The molecule has 0 aliphatic heterocycles. The van der Waals surface area contributed by atoms with Gasteiger partial charge < -0.3 is 9.16 Å². The van der Waals surface area contributed by atoms with E-state index in [1.54, 1.807) is 0 Å². The molecule has 0 aromatic heterocycles. The van der Waals surface area contributed by atoms with Crippen molar-refractivity contribution in [3.05, 3.63) is 36.4 Å². The molecule has 3 heteroatoms. The van der Waals surface area contributed by atoms with Crippen molar-refractivity contribution in [1.29, 1.82) is 0 Å². The minimum absolute atomic E-state index is 0.576. The van der Waals surface area contributed by atoms with Gasteiger partial charge in [0.15, 0.2) is 0 Å². The number of ether oxygens (including phenoxy) is 1. The van der Waals surface area contributed by atoms with Crippen LogP contribution in [0.15, 0.2) is 30.8 Å². The highest BCUT2D eigenvalue weighted by molar-refractivity contribution is 6.30. The van der Waals surface area contributed by atoms with Gasteiger partial charge in [-0.15, -0.1) is 0 Å². The molecular weight excluding hydrogens is 228 g/mol. The van der Waals surface area contributed by atoms with Gasteiger partial charge in [-0.1, -0.05) is 38.1 Å². The first-order valence-electron chi connectivity index (χ1n) is 6.23. The Hall–Kier alpha value is -1.06. The Morgan fingerprint density at radius 2 is 2.24 bits per heavy atom. The summed E-state index contributed by atoms with van der Waals surface area (Å²) in [7, 11) is -0.576. The number of hydrogen-bond acceptors (Lipinski definition) is 2. The summed E-state index contributed by atoms with van der Waals surface area (Å²) in [5.74, 6) is 0.962. The molecule has 0 radical (unpaired) electrons. The standard InChI is InChI=1S/C14H22O2Si/c1-4-12-8-7-9-13(10-12)16-17-14(5-2)11-15-6-3/h4,7-10,14H,1,5-6,11,17H2,2-3H3. The molecule has 1 aromatic rings. The molecule has 17 heavy (non-hydrogen) atoms. The van der Waals surface area contributed by atoms with Crippen molar-refractivity contribution in [2.24, 2.45) is 0 Å². The lowest BCUT2D eigenvalue weighted by Crippen LogP contribution is -2.16. The van der Waals surface area contributed by atoms with E-state index in [1.807, 2.05) is 37.3 Å². The fourth-order valence-electron chi connectivity index (χ4n) is 1.51. The zero-order chi connectivity index (χ0) is 12.5. The molecule has 0 fully saturated rings. The molecule has 0 bridgehead atoms. The Labute approximate surface area is 107 Å². The average molecular weight is 250 g/mol. The predicted molar refractivity (Wildman–Crippen MR) is 76.2 cm³/mol. The zero-order valence-corrected chi connectivity index (χ0v) is 12.2. The predicted octanol–water partition coefficient (Wildman–Crippen LogP) is 3.03. The molecule has 1 unspecified atom stereocenters. The first-order chi connectivity index (χ1) is 8.30. The van der Waals surface area contributed by atoms with Gasteiger partial charge in [-0.3, -0.25) is 0 Å². The lowest BCUT2D eigenvalue weighted by atomic mass is 10.2. The maximum Gasteiger partial charge on any atom is 0.224 e. The summed E-state index contributed by atoms with van der Waals surface area (Å²) < 4.78 is 11.4. The molecule has 0 amide bonds. The van der Waals surface area contributed by atoms with Crippen molar-refractivity contribution >= 4 is 15.8 Å². The highest BCUT2D eigenvalue weighted by Crippen LogP contribution is 2.16. The van der Waals surface area contributed by atoms with Crippen LogP contribution >= 0.6 is 0 Å². The Bertz CT molecular complexity index is 339. The summed E-state index contributed by atoms with van der Waals surface area (Å²) >= 11 is 0. The number of hydrogen-bond donors (Lipinski definition) is 0. The van der Waals surface area contributed by atoms with Gasteiger partial charge in [-0.2, -0.15) is 0 Å². The Morgan fingerprint density at radius 3 is 2.88 bits per heavy atom. The molecule has 1 rings (SSSR count). The second-order valence-corrected chi connectivity index (χ2v) is 5.80. The smallest absolute Gasteiger partial charge is 0.224 e. The molecule has 0 heterocycles. The molecule has 1 atom stereocenters. The summed E-state index contributed by atoms with van der Waals surface area (Å²) in [5.41, 5.74) is 1.71. The number of benzene rings is 1. The summed E-state index contributed by atoms with van der Waals surface area (Å²) in [6.07, 6.45) is 2.97. The van der Waals surface area contributed by atoms with E-state index in [9.17, 15) is 0 Å². The first kappa shape index (κ1) is 14.0. The zero-order valence-electron chi connectivity index (χ0n) is 10.8. The van der Waals surface area contributed by atoms with Crippen molar-refractivity contribution < 1.29 is 9.16 Å². The topological polar surface area (TPSA) is 18.5 Å². The quantitative estimate of drug-likeness (QED) is 0.660. The van der Waals surface area contributed by atoms with Gasteiger partial charge in [0.05, 0.1) is 0 Å². The van der Waals surface area contributed by atoms with E-state index in [1.165, 1.54) is 0 Å². The van der Waals surface area contributed by atoms with Crippen molar-refractivity contribution in [2.75, 3.05) is 13.2 Å². The van der Waals surface area contributed by atoms with E-state index in [4.69, 9.17) is 9.16 Å². The van der Waals surface area contributed by atoms with Crippen molar-refractivity contribution in [3.8, 4) is 5.75 Å². The van der Waals surface area contributed by atoms with Crippen LogP contribution in [0.2, 0.25) is 5.54 Å². The molecule has 0 saturated heterocycles. The summed E-state index contributed by atoms with van der Waals surface area (Å²) in [6, 6.07) is 8.07. The van der Waals surface area contributed by atoms with Gasteiger partial charge in [-0.25, -0.2) is 0 Å². The van der Waals surface area contributed by atoms with Gasteiger partial charge in [0, 0.05) is 18.8 Å². The van der Waals surface area contributed by atoms with Crippen LogP contribution in [0, 0.1) is 0 Å². The Balaban J connectivity index is 2.44. The average Bonchev–Trinajstić information content (AvgIpc) is 2.39. The number of rotatable bonds is 8. The minimum Gasteiger partial charge on any atom is -0.549 e. The highest BCUT2D eigenvalue weighted by Gasteiger charge is 2.08. The van der Waals surface area contributed by atoms with Crippen LogP contribution in [0.3, 0.4) is 0 Å². The normalized spacial score (nSPS) is 12.8. The van der Waals surface area contributed by atoms with Crippen LogP contribution in [-0.2, 0) is 4.74 Å². The van der Waals surface area contributed by atoms with E-state index in [2.05, 4.69) is 13.5 Å². The molecular formula is C14H22O2Si. The molecule has 2 nitrogen and oxygen atoms in total. The van der Waals surface area contributed by atoms with Crippen molar-refractivity contribution in [3.63, 3.8) is 0 Å². The largest absolute Gasteiger partial charge is 0.549 e. The second kappa shape index (κ2) is 8.09. The monoisotopic (exact) mass is 250 g/mol. The fourth-order valence-corrected chi connectivity index (χ4v) is 2.62. The SMILES string of the molecule is C=Cc1cccc(O[SiH2]C(CC)COCC)c1. The Morgan fingerprint density at radius 1 is 1.41 bits per heavy atom. The molecule has 94 valence electrons. The van der Waals surface area contributed by atoms with Crippen LogP contribution in [-0.4, -0.2) is 23.0 Å². The van der Waals surface area contributed by atoms with Crippen LogP contribution < -0.4 is 4.43 Å². The highest BCUT2D eigenvalue weighted by atomic mass is 28.2. The van der Waals surface area contributed by atoms with Crippen LogP contribution in [0.4, 0.5) is 0 Å². The minimum atomic E-state index is -0.576. The van der Waals surface area contributed by atoms with Crippen molar-refractivity contribution in [1.82, 2.24) is 0 Å². The summed E-state index contributed by atoms with van der Waals surface area (Å²) in [6.45, 7) is 9.61. The lowest BCUT2D eigenvalue weighted by Gasteiger charge is -2.15. The maximum absolute atomic E-state index is 5.91. The first-order valence-corrected chi connectivity index (χ1v) is 7.62. The molecule has 0 aliphatic carbocycles. The Kier molecular flexibility index (Phi) is 6.66. The maximum atomic E-state index is 5.91. The lowest BCUT2D eigenvalue weighted by molar-refractivity contribution is 0.142. The van der Waals surface area contributed by atoms with E-state index in [-0.39, 0.29) is 0 Å². The van der Waals surface area contributed by atoms with Gasteiger partial charge in [-0.05, 0) is 24.6 Å². The second-order valence-electron chi connectivity index (χ2n) is 4.02. The van der Waals surface area contributed by atoms with E-state index < -0.39 is 9.76 Å². The third-order valence-electron chi connectivity index (χ3n) is 2.71. The van der Waals surface area contributed by atoms with E-state index in [0.717, 1.165) is 30.9 Å². The molecule has 0 N–H and O–H groups in total. The fraction of sp³-hybridized carbons (Fsp3) is 0.429. The van der Waals surface area contributed by atoms with Crippen LogP contribution in [0.25, 0.3) is 6.08 Å². The molecule has 1 aromatic carbocycles. The van der Waals surface area contributed by atoms with Crippen LogP contribution in [0.5, 0.6) is 5.75 Å². The molecule has 0 aliphatic rings. The van der Waals surface area contributed by atoms with Gasteiger partial charge in [0.2, 0.25) is 9.76 Å². The summed E-state index contributed by atoms with van der Waals surface area (Å²) in [4.78, 5) is 0. The van der Waals surface area contributed by atoms with Gasteiger partial charge in [0.1, 0.15) is 5.75 Å². The van der Waals surface area contributed by atoms with Gasteiger partial charge >= 0.3 is 0 Å².